The predicted octanol–water partition coefficient (Wildman–Crippen LogP) is 2.59. The summed E-state index contributed by atoms with van der Waals surface area (Å²) in [6.07, 6.45) is 6.98. The van der Waals surface area contributed by atoms with E-state index in [0.29, 0.717) is 0 Å². The van der Waals surface area contributed by atoms with Crippen molar-refractivity contribution in [2.75, 3.05) is 12.3 Å². The summed E-state index contributed by atoms with van der Waals surface area (Å²) in [5, 5.41) is 3.74. The minimum atomic E-state index is 0.808. The van der Waals surface area contributed by atoms with E-state index < -0.39 is 0 Å². The monoisotopic (exact) mass is 230 g/mol. The molecule has 1 aromatic carbocycles. The first-order valence-electron chi connectivity index (χ1n) is 6.89. The molecule has 2 saturated carbocycles. The summed E-state index contributed by atoms with van der Waals surface area (Å²) in [5.41, 5.74) is 7.92. The maximum Gasteiger partial charge on any atom is 0.0314 e. The van der Waals surface area contributed by atoms with Gasteiger partial charge in [0.25, 0.3) is 0 Å². The van der Waals surface area contributed by atoms with E-state index in [4.69, 9.17) is 5.73 Å². The summed E-state index contributed by atoms with van der Waals surface area (Å²) in [6, 6.07) is 9.07. The van der Waals surface area contributed by atoms with Crippen molar-refractivity contribution in [3.05, 3.63) is 29.8 Å². The Morgan fingerprint density at radius 1 is 1.12 bits per heavy atom. The maximum absolute atomic E-state index is 5.68. The first-order chi connectivity index (χ1) is 8.31. The van der Waals surface area contributed by atoms with Gasteiger partial charge in [-0.3, -0.25) is 0 Å². The number of hydrogen-bond donors (Lipinski definition) is 2. The van der Waals surface area contributed by atoms with Gasteiger partial charge in [-0.05, 0) is 61.8 Å². The van der Waals surface area contributed by atoms with E-state index in [9.17, 15) is 0 Å². The molecule has 92 valence electrons. The van der Waals surface area contributed by atoms with Crippen molar-refractivity contribution in [2.45, 2.75) is 38.1 Å². The van der Waals surface area contributed by atoms with E-state index >= 15 is 0 Å². The summed E-state index contributed by atoms with van der Waals surface area (Å²) in [7, 11) is 0. The number of hydrogen-bond acceptors (Lipinski definition) is 2. The molecular weight excluding hydrogens is 208 g/mol. The SMILES string of the molecule is Nc1ccc(CCNC2CC3CCC2C3)cc1. The molecular formula is C15H22N2. The number of nitrogens with one attached hydrogen (secondary N) is 1. The molecule has 0 spiro atoms. The van der Waals surface area contributed by atoms with Crippen LogP contribution in [0.25, 0.3) is 0 Å². The van der Waals surface area contributed by atoms with Crippen molar-refractivity contribution in [3.63, 3.8) is 0 Å². The molecule has 3 atom stereocenters. The van der Waals surface area contributed by atoms with Gasteiger partial charge in [-0.25, -0.2) is 0 Å². The van der Waals surface area contributed by atoms with Crippen molar-refractivity contribution in [1.82, 2.24) is 5.32 Å². The Kier molecular flexibility index (Phi) is 3.06. The zero-order chi connectivity index (χ0) is 11.7. The molecule has 2 bridgehead atoms. The van der Waals surface area contributed by atoms with Crippen LogP contribution >= 0.6 is 0 Å². The third kappa shape index (κ3) is 2.47. The number of nitrogen functional groups attached to an aromatic ring is 1. The Bertz CT molecular complexity index is 371. The molecule has 2 aliphatic carbocycles. The standard InChI is InChI=1S/C15H22N2/c16-14-5-2-11(3-6-14)7-8-17-15-10-12-1-4-13(15)9-12/h2-3,5-6,12-13,15,17H,1,4,7-10,16H2. The summed E-state index contributed by atoms with van der Waals surface area (Å²) in [6.45, 7) is 1.11. The molecule has 3 N–H and O–H groups in total. The third-order valence-corrected chi connectivity index (χ3v) is 4.54. The lowest BCUT2D eigenvalue weighted by Crippen LogP contribution is -2.35. The van der Waals surface area contributed by atoms with Crippen LogP contribution in [-0.4, -0.2) is 12.6 Å². The van der Waals surface area contributed by atoms with Crippen molar-refractivity contribution in [1.29, 1.82) is 0 Å². The molecule has 0 aliphatic heterocycles. The van der Waals surface area contributed by atoms with Crippen molar-refractivity contribution in [3.8, 4) is 0 Å². The third-order valence-electron chi connectivity index (χ3n) is 4.54. The minimum absolute atomic E-state index is 0.808. The smallest absolute Gasteiger partial charge is 0.0314 e. The van der Waals surface area contributed by atoms with Crippen LogP contribution in [0.15, 0.2) is 24.3 Å². The molecule has 3 unspecified atom stereocenters. The zero-order valence-corrected chi connectivity index (χ0v) is 10.4. The summed E-state index contributed by atoms with van der Waals surface area (Å²) >= 11 is 0. The van der Waals surface area contributed by atoms with Crippen LogP contribution in [0.2, 0.25) is 0 Å². The molecule has 0 amide bonds. The van der Waals surface area contributed by atoms with Gasteiger partial charge in [0.2, 0.25) is 0 Å². The number of anilines is 1. The van der Waals surface area contributed by atoms with Crippen LogP contribution in [0.1, 0.15) is 31.2 Å². The fraction of sp³-hybridized carbons (Fsp3) is 0.600. The molecule has 2 fully saturated rings. The number of benzene rings is 1. The Balaban J connectivity index is 1.45. The zero-order valence-electron chi connectivity index (χ0n) is 10.4. The lowest BCUT2D eigenvalue weighted by Gasteiger charge is -2.22. The topological polar surface area (TPSA) is 38.0 Å². The van der Waals surface area contributed by atoms with Gasteiger partial charge in [0, 0.05) is 11.7 Å². The number of nitrogens with two attached hydrogens (primary N) is 1. The highest BCUT2D eigenvalue weighted by Gasteiger charge is 2.38. The molecule has 3 rings (SSSR count). The molecule has 2 heteroatoms. The van der Waals surface area contributed by atoms with Crippen LogP contribution in [0.4, 0.5) is 5.69 Å². The molecule has 0 aromatic heterocycles. The van der Waals surface area contributed by atoms with E-state index in [-0.39, 0.29) is 0 Å². The molecule has 0 saturated heterocycles. The minimum Gasteiger partial charge on any atom is -0.399 e. The summed E-state index contributed by atoms with van der Waals surface area (Å²) in [4.78, 5) is 0. The quantitative estimate of drug-likeness (QED) is 0.780. The fourth-order valence-electron chi connectivity index (χ4n) is 3.58. The Labute approximate surface area is 104 Å². The largest absolute Gasteiger partial charge is 0.399 e. The van der Waals surface area contributed by atoms with Crippen molar-refractivity contribution < 1.29 is 0 Å². The highest BCUT2D eigenvalue weighted by Crippen LogP contribution is 2.44. The van der Waals surface area contributed by atoms with Crippen molar-refractivity contribution in [2.24, 2.45) is 11.8 Å². The molecule has 17 heavy (non-hydrogen) atoms. The maximum atomic E-state index is 5.68. The second kappa shape index (κ2) is 4.69. The second-order valence-electron chi connectivity index (χ2n) is 5.73. The van der Waals surface area contributed by atoms with Gasteiger partial charge in [0.1, 0.15) is 0 Å². The average Bonchev–Trinajstić information content (AvgIpc) is 2.94. The van der Waals surface area contributed by atoms with E-state index in [1.54, 1.807) is 0 Å². The van der Waals surface area contributed by atoms with Crippen molar-refractivity contribution >= 4 is 5.69 Å². The van der Waals surface area contributed by atoms with E-state index in [0.717, 1.165) is 36.5 Å². The van der Waals surface area contributed by atoms with Crippen LogP contribution in [-0.2, 0) is 6.42 Å². The van der Waals surface area contributed by atoms with E-state index in [1.807, 2.05) is 12.1 Å². The van der Waals surface area contributed by atoms with Gasteiger partial charge >= 0.3 is 0 Å². The normalized spacial score (nSPS) is 30.9. The lowest BCUT2D eigenvalue weighted by atomic mass is 9.95. The Morgan fingerprint density at radius 3 is 2.59 bits per heavy atom. The fourth-order valence-corrected chi connectivity index (χ4v) is 3.58. The van der Waals surface area contributed by atoms with Gasteiger partial charge in [0.05, 0.1) is 0 Å². The van der Waals surface area contributed by atoms with Gasteiger partial charge in [-0.1, -0.05) is 18.6 Å². The van der Waals surface area contributed by atoms with Crippen LogP contribution < -0.4 is 11.1 Å². The number of fused-ring (bicyclic) bond motifs is 2. The first-order valence-corrected chi connectivity index (χ1v) is 6.89. The molecule has 0 radical (unpaired) electrons. The average molecular weight is 230 g/mol. The van der Waals surface area contributed by atoms with Gasteiger partial charge in [-0.2, -0.15) is 0 Å². The lowest BCUT2D eigenvalue weighted by molar-refractivity contribution is 0.354. The Hall–Kier alpha value is -1.02. The van der Waals surface area contributed by atoms with Crippen LogP contribution in [0.3, 0.4) is 0 Å². The summed E-state index contributed by atoms with van der Waals surface area (Å²) < 4.78 is 0. The summed E-state index contributed by atoms with van der Waals surface area (Å²) in [5.74, 6) is 2.01. The molecule has 2 nitrogen and oxygen atoms in total. The molecule has 2 aliphatic rings. The highest BCUT2D eigenvalue weighted by molar-refractivity contribution is 5.39. The van der Waals surface area contributed by atoms with Crippen LogP contribution in [0.5, 0.6) is 0 Å². The van der Waals surface area contributed by atoms with E-state index in [2.05, 4.69) is 17.4 Å². The molecule has 1 aromatic rings. The number of rotatable bonds is 4. The predicted molar refractivity (Wildman–Crippen MR) is 71.8 cm³/mol. The first kappa shape index (κ1) is 11.1. The van der Waals surface area contributed by atoms with Gasteiger partial charge in [-0.15, -0.1) is 0 Å². The van der Waals surface area contributed by atoms with E-state index in [1.165, 1.54) is 31.2 Å². The van der Waals surface area contributed by atoms with Gasteiger partial charge < -0.3 is 11.1 Å². The Morgan fingerprint density at radius 2 is 1.94 bits per heavy atom. The van der Waals surface area contributed by atoms with Crippen LogP contribution in [0, 0.1) is 11.8 Å². The van der Waals surface area contributed by atoms with Gasteiger partial charge in [0.15, 0.2) is 0 Å². The second-order valence-corrected chi connectivity index (χ2v) is 5.73. The highest BCUT2D eigenvalue weighted by atomic mass is 14.9. The molecule has 0 heterocycles.